The molecule has 0 saturated carbocycles. The van der Waals surface area contributed by atoms with Crippen molar-refractivity contribution in [1.82, 2.24) is 15.2 Å². The second-order valence-corrected chi connectivity index (χ2v) is 7.28. The predicted molar refractivity (Wildman–Crippen MR) is 120 cm³/mol. The van der Waals surface area contributed by atoms with Gasteiger partial charge in [0.25, 0.3) is 11.8 Å². The molecule has 1 aromatic heterocycles. The van der Waals surface area contributed by atoms with E-state index in [1.807, 2.05) is 19.0 Å². The van der Waals surface area contributed by atoms with Crippen LogP contribution in [-0.4, -0.2) is 83.3 Å². The summed E-state index contributed by atoms with van der Waals surface area (Å²) in [6.07, 6.45) is 1.12. The van der Waals surface area contributed by atoms with Crippen molar-refractivity contribution in [3.63, 3.8) is 0 Å². The Balaban J connectivity index is 0.000000582. The van der Waals surface area contributed by atoms with E-state index >= 15 is 0 Å². The first kappa shape index (κ1) is 27.1. The number of hydrogen-bond acceptors (Lipinski definition) is 9. The SMILES string of the molecule is COc1cccc(C(=O)Nc2nc(C(=O)NCCN(C)C)cs2)c1O.O=C(O)C=CC(=O)O. The number of thiazole rings is 1. The highest BCUT2D eigenvalue weighted by Crippen LogP contribution is 2.30. The number of carbonyl (C=O) groups excluding carboxylic acids is 2. The van der Waals surface area contributed by atoms with Crippen LogP contribution >= 0.6 is 11.3 Å². The lowest BCUT2D eigenvalue weighted by Gasteiger charge is -2.09. The Morgan fingerprint density at radius 3 is 2.30 bits per heavy atom. The number of amides is 2. The fourth-order valence-electron chi connectivity index (χ4n) is 2.10. The van der Waals surface area contributed by atoms with Crippen LogP contribution in [0, 0.1) is 0 Å². The number of anilines is 1. The lowest BCUT2D eigenvalue weighted by Crippen LogP contribution is -2.31. The normalized spacial score (nSPS) is 10.3. The number of carboxylic acids is 2. The zero-order chi connectivity index (χ0) is 25.0. The second-order valence-electron chi connectivity index (χ2n) is 6.42. The Labute approximate surface area is 193 Å². The number of hydrogen-bond donors (Lipinski definition) is 5. The first-order valence-electron chi connectivity index (χ1n) is 9.24. The van der Waals surface area contributed by atoms with E-state index in [0.29, 0.717) is 25.2 Å². The van der Waals surface area contributed by atoms with Crippen molar-refractivity contribution in [2.24, 2.45) is 0 Å². The van der Waals surface area contributed by atoms with Crippen molar-refractivity contribution in [2.75, 3.05) is 39.6 Å². The molecule has 13 heteroatoms. The highest BCUT2D eigenvalue weighted by Gasteiger charge is 2.17. The smallest absolute Gasteiger partial charge is 0.328 e. The van der Waals surface area contributed by atoms with Crippen molar-refractivity contribution in [3.8, 4) is 11.5 Å². The van der Waals surface area contributed by atoms with Crippen LogP contribution in [0.5, 0.6) is 11.5 Å². The molecule has 0 fully saturated rings. The molecule has 0 aliphatic rings. The van der Waals surface area contributed by atoms with Crippen LogP contribution in [0.1, 0.15) is 20.8 Å². The lowest BCUT2D eigenvalue weighted by molar-refractivity contribution is -0.134. The van der Waals surface area contributed by atoms with Gasteiger partial charge >= 0.3 is 11.9 Å². The molecule has 33 heavy (non-hydrogen) atoms. The summed E-state index contributed by atoms with van der Waals surface area (Å²) in [5, 5.41) is 32.8. The number of nitrogens with zero attached hydrogens (tertiary/aromatic N) is 2. The van der Waals surface area contributed by atoms with Crippen LogP contribution < -0.4 is 15.4 Å². The molecule has 1 heterocycles. The fourth-order valence-corrected chi connectivity index (χ4v) is 2.78. The summed E-state index contributed by atoms with van der Waals surface area (Å²) in [7, 11) is 5.23. The van der Waals surface area contributed by atoms with Crippen molar-refractivity contribution in [2.45, 2.75) is 0 Å². The molecule has 0 aliphatic carbocycles. The van der Waals surface area contributed by atoms with E-state index in [2.05, 4.69) is 15.6 Å². The molecule has 2 amide bonds. The van der Waals surface area contributed by atoms with E-state index in [4.69, 9.17) is 14.9 Å². The zero-order valence-electron chi connectivity index (χ0n) is 18.1. The molecule has 2 rings (SSSR count). The number of carbonyl (C=O) groups is 4. The number of phenols is 1. The molecular formula is C20H24N4O8S. The number of methoxy groups -OCH3 is 1. The molecule has 5 N–H and O–H groups in total. The molecule has 2 aromatic rings. The Morgan fingerprint density at radius 1 is 1.12 bits per heavy atom. The molecule has 1 aromatic carbocycles. The van der Waals surface area contributed by atoms with Crippen LogP contribution in [0.3, 0.4) is 0 Å². The minimum absolute atomic E-state index is 0.0616. The average Bonchev–Trinajstić information content (AvgIpc) is 3.21. The number of carboxylic acid groups (broad SMARTS) is 2. The minimum atomic E-state index is -1.26. The summed E-state index contributed by atoms with van der Waals surface area (Å²) in [5.74, 6) is -3.40. The maximum atomic E-state index is 12.3. The summed E-state index contributed by atoms with van der Waals surface area (Å²) in [6, 6.07) is 4.61. The summed E-state index contributed by atoms with van der Waals surface area (Å²) in [4.78, 5) is 49.4. The Kier molecular flexibility index (Phi) is 11.0. The van der Waals surface area contributed by atoms with Gasteiger partial charge in [-0.15, -0.1) is 11.3 Å². The van der Waals surface area contributed by atoms with Gasteiger partial charge in [0, 0.05) is 30.6 Å². The van der Waals surface area contributed by atoms with Crippen molar-refractivity contribution >= 4 is 40.2 Å². The number of nitrogens with one attached hydrogen (secondary N) is 2. The Bertz CT molecular complexity index is 1000. The van der Waals surface area contributed by atoms with E-state index in [1.165, 1.54) is 13.2 Å². The van der Waals surface area contributed by atoms with Gasteiger partial charge < -0.3 is 30.3 Å². The van der Waals surface area contributed by atoms with Gasteiger partial charge in [0.15, 0.2) is 16.6 Å². The van der Waals surface area contributed by atoms with E-state index < -0.39 is 17.8 Å². The number of aromatic hydroxyl groups is 1. The standard InChI is InChI=1S/C16H20N4O4S.C4H4O4/c1-20(2)8-7-17-15(23)11-9-25-16(18-11)19-14(22)10-5-4-6-12(24-3)13(10)21;5-3(6)1-2-4(7)8/h4-6,9,21H,7-8H2,1-3H3,(H,17,23)(H,18,19,22);1-2H,(H,5,6)(H,7,8). The number of aliphatic carboxylic acids is 2. The number of aromatic nitrogens is 1. The third-order valence-electron chi connectivity index (χ3n) is 3.63. The molecule has 0 aliphatic heterocycles. The summed E-state index contributed by atoms with van der Waals surface area (Å²) in [5.41, 5.74) is 0.292. The maximum absolute atomic E-state index is 12.3. The quantitative estimate of drug-likeness (QED) is 0.327. The predicted octanol–water partition coefficient (Wildman–Crippen LogP) is 1.11. The lowest BCUT2D eigenvalue weighted by atomic mass is 10.2. The van der Waals surface area contributed by atoms with E-state index in [1.54, 1.807) is 17.5 Å². The number of phenolic OH excluding ortho intramolecular Hbond substituents is 1. The molecule has 0 atom stereocenters. The van der Waals surface area contributed by atoms with Gasteiger partial charge in [0.05, 0.1) is 12.7 Å². The number of likely N-dealkylation sites (N-methyl/N-ethyl adjacent to an activating group) is 1. The molecular weight excluding hydrogens is 456 g/mol. The highest BCUT2D eigenvalue weighted by atomic mass is 32.1. The van der Waals surface area contributed by atoms with Crippen LogP contribution in [0.15, 0.2) is 35.7 Å². The van der Waals surface area contributed by atoms with Gasteiger partial charge in [-0.3, -0.25) is 14.9 Å². The van der Waals surface area contributed by atoms with Crippen LogP contribution in [-0.2, 0) is 9.59 Å². The minimum Gasteiger partial charge on any atom is -0.504 e. The molecule has 0 unspecified atom stereocenters. The second kappa shape index (κ2) is 13.4. The third-order valence-corrected chi connectivity index (χ3v) is 4.39. The van der Waals surface area contributed by atoms with Crippen molar-refractivity contribution in [1.29, 1.82) is 0 Å². The summed E-state index contributed by atoms with van der Waals surface area (Å²) >= 11 is 1.13. The number of rotatable bonds is 9. The average molecular weight is 480 g/mol. The molecule has 178 valence electrons. The third kappa shape index (κ3) is 9.80. The largest absolute Gasteiger partial charge is 0.504 e. The van der Waals surface area contributed by atoms with E-state index in [0.717, 1.165) is 11.3 Å². The first-order valence-corrected chi connectivity index (χ1v) is 10.1. The van der Waals surface area contributed by atoms with Crippen molar-refractivity contribution in [3.05, 3.63) is 47.0 Å². The fraction of sp³-hybridized carbons (Fsp3) is 0.250. The van der Waals surface area contributed by atoms with Gasteiger partial charge in [-0.2, -0.15) is 0 Å². The number of para-hydroxylation sites is 1. The molecule has 0 bridgehead atoms. The van der Waals surface area contributed by atoms with Crippen LogP contribution in [0.2, 0.25) is 0 Å². The van der Waals surface area contributed by atoms with Gasteiger partial charge in [-0.1, -0.05) is 6.07 Å². The van der Waals surface area contributed by atoms with Gasteiger partial charge in [0.2, 0.25) is 0 Å². The van der Waals surface area contributed by atoms with Gasteiger partial charge in [-0.05, 0) is 26.2 Å². The van der Waals surface area contributed by atoms with Gasteiger partial charge in [-0.25, -0.2) is 14.6 Å². The summed E-state index contributed by atoms with van der Waals surface area (Å²) in [6.45, 7) is 1.22. The molecule has 12 nitrogen and oxygen atoms in total. The monoisotopic (exact) mass is 480 g/mol. The summed E-state index contributed by atoms with van der Waals surface area (Å²) < 4.78 is 4.98. The molecule has 0 spiro atoms. The number of benzene rings is 1. The maximum Gasteiger partial charge on any atom is 0.328 e. The van der Waals surface area contributed by atoms with Gasteiger partial charge in [0.1, 0.15) is 5.69 Å². The van der Waals surface area contributed by atoms with E-state index in [-0.39, 0.29) is 33.8 Å². The highest BCUT2D eigenvalue weighted by molar-refractivity contribution is 7.14. The Hall–Kier alpha value is -3.97. The number of ether oxygens (including phenoxy) is 1. The Morgan fingerprint density at radius 2 is 1.76 bits per heavy atom. The topological polar surface area (TPSA) is 178 Å². The van der Waals surface area contributed by atoms with E-state index in [9.17, 15) is 24.3 Å². The van der Waals surface area contributed by atoms with Crippen molar-refractivity contribution < 1.29 is 39.2 Å². The first-order chi connectivity index (χ1) is 15.5. The zero-order valence-corrected chi connectivity index (χ0v) is 18.9. The molecule has 0 radical (unpaired) electrons. The molecule has 0 saturated heterocycles. The van der Waals surface area contributed by atoms with Crippen LogP contribution in [0.25, 0.3) is 0 Å². The van der Waals surface area contributed by atoms with Crippen LogP contribution in [0.4, 0.5) is 5.13 Å².